The van der Waals surface area contributed by atoms with E-state index in [0.29, 0.717) is 6.04 Å². The van der Waals surface area contributed by atoms with Crippen LogP contribution in [0.3, 0.4) is 0 Å². The lowest BCUT2D eigenvalue weighted by molar-refractivity contribution is 0.637. The number of aromatic nitrogens is 3. The van der Waals surface area contributed by atoms with Gasteiger partial charge in [0.2, 0.25) is 0 Å². The molecule has 0 aliphatic carbocycles. The maximum absolute atomic E-state index is 4.79. The molecular weight excluding hydrogens is 280 g/mol. The summed E-state index contributed by atoms with van der Waals surface area (Å²) in [6, 6.07) is 6.54. The second-order valence-electron chi connectivity index (χ2n) is 5.38. The molecule has 1 unspecified atom stereocenters. The van der Waals surface area contributed by atoms with Crippen LogP contribution in [0.1, 0.15) is 19.0 Å². The predicted octanol–water partition coefficient (Wildman–Crippen LogP) is 3.18. The fourth-order valence-electron chi connectivity index (χ4n) is 2.56. The third-order valence-corrected chi connectivity index (χ3v) is 4.74. The van der Waals surface area contributed by atoms with E-state index in [1.165, 1.54) is 12.2 Å². The van der Waals surface area contributed by atoms with E-state index in [-0.39, 0.29) is 0 Å². The van der Waals surface area contributed by atoms with Gasteiger partial charge in [-0.05, 0) is 38.2 Å². The highest BCUT2D eigenvalue weighted by molar-refractivity contribution is 7.99. The Kier molecular flexibility index (Phi) is 4.39. The Morgan fingerprint density at radius 1 is 1.29 bits per heavy atom. The van der Waals surface area contributed by atoms with Gasteiger partial charge in [0.15, 0.2) is 5.82 Å². The van der Waals surface area contributed by atoms with Gasteiger partial charge in [-0.15, -0.1) is 0 Å². The zero-order valence-electron chi connectivity index (χ0n) is 12.5. The lowest BCUT2D eigenvalue weighted by atomic mass is 10.2. The van der Waals surface area contributed by atoms with Crippen LogP contribution in [0, 0.1) is 6.92 Å². The summed E-state index contributed by atoms with van der Waals surface area (Å²) < 4.78 is 0. The van der Waals surface area contributed by atoms with Crippen LogP contribution in [0.2, 0.25) is 0 Å². The summed E-state index contributed by atoms with van der Waals surface area (Å²) in [5.41, 5.74) is 1.97. The van der Waals surface area contributed by atoms with Crippen molar-refractivity contribution >= 4 is 17.6 Å². The Hall–Kier alpha value is -1.62. The lowest BCUT2D eigenvalue weighted by Crippen LogP contribution is -2.34. The summed E-state index contributed by atoms with van der Waals surface area (Å²) in [6.07, 6.45) is 4.80. The van der Waals surface area contributed by atoms with Crippen LogP contribution < -0.4 is 4.90 Å². The van der Waals surface area contributed by atoms with E-state index in [9.17, 15) is 0 Å². The van der Waals surface area contributed by atoms with Gasteiger partial charge in [0.05, 0.1) is 0 Å². The quantitative estimate of drug-likeness (QED) is 0.852. The van der Waals surface area contributed by atoms with Crippen LogP contribution in [0.25, 0.3) is 11.4 Å². The fourth-order valence-corrected chi connectivity index (χ4v) is 3.60. The van der Waals surface area contributed by atoms with Gasteiger partial charge in [-0.3, -0.25) is 4.98 Å². The van der Waals surface area contributed by atoms with Crippen LogP contribution in [0.5, 0.6) is 0 Å². The van der Waals surface area contributed by atoms with E-state index in [1.807, 2.05) is 37.0 Å². The summed E-state index contributed by atoms with van der Waals surface area (Å²) in [7, 11) is 0. The molecule has 1 aliphatic heterocycles. The highest BCUT2D eigenvalue weighted by Gasteiger charge is 2.19. The summed E-state index contributed by atoms with van der Waals surface area (Å²) in [6.45, 7) is 5.37. The van der Waals surface area contributed by atoms with Gasteiger partial charge in [0.1, 0.15) is 5.82 Å². The minimum atomic E-state index is 0.524. The number of hydrogen-bond acceptors (Lipinski definition) is 5. The number of hydrogen-bond donors (Lipinski definition) is 0. The average Bonchev–Trinajstić information content (AvgIpc) is 2.72. The van der Waals surface area contributed by atoms with Crippen LogP contribution in [-0.2, 0) is 0 Å². The Morgan fingerprint density at radius 3 is 3.00 bits per heavy atom. The standard InChI is InChI=1S/C16H20N4S/c1-12-10-15(20-7-9-21-8-5-13(20)2)19-16(18-12)14-4-3-6-17-11-14/h3-4,6,10-11,13H,5,7-9H2,1-2H3. The van der Waals surface area contributed by atoms with E-state index in [4.69, 9.17) is 4.98 Å². The van der Waals surface area contributed by atoms with Gasteiger partial charge in [-0.2, -0.15) is 11.8 Å². The zero-order valence-corrected chi connectivity index (χ0v) is 13.3. The Balaban J connectivity index is 1.97. The molecule has 3 rings (SSSR count). The van der Waals surface area contributed by atoms with Crippen molar-refractivity contribution in [3.05, 3.63) is 36.3 Å². The van der Waals surface area contributed by atoms with Crippen molar-refractivity contribution in [3.63, 3.8) is 0 Å². The molecule has 0 saturated carbocycles. The predicted molar refractivity (Wildman–Crippen MR) is 88.8 cm³/mol. The second kappa shape index (κ2) is 6.43. The minimum Gasteiger partial charge on any atom is -0.353 e. The Morgan fingerprint density at radius 2 is 2.19 bits per heavy atom. The molecule has 0 amide bonds. The molecule has 2 aromatic rings. The monoisotopic (exact) mass is 300 g/mol. The first-order valence-electron chi connectivity index (χ1n) is 7.34. The van der Waals surface area contributed by atoms with E-state index in [1.54, 1.807) is 6.20 Å². The van der Waals surface area contributed by atoms with Crippen molar-refractivity contribution in [2.24, 2.45) is 0 Å². The smallest absolute Gasteiger partial charge is 0.163 e. The molecule has 0 bridgehead atoms. The maximum atomic E-state index is 4.79. The molecule has 1 fully saturated rings. The van der Waals surface area contributed by atoms with E-state index in [2.05, 4.69) is 27.9 Å². The first-order valence-corrected chi connectivity index (χ1v) is 8.50. The molecule has 0 spiro atoms. The molecule has 4 nitrogen and oxygen atoms in total. The normalized spacial score (nSPS) is 19.3. The molecule has 3 heterocycles. The third kappa shape index (κ3) is 3.35. The molecule has 0 aromatic carbocycles. The van der Waals surface area contributed by atoms with E-state index in [0.717, 1.165) is 35.2 Å². The van der Waals surface area contributed by atoms with Crippen molar-refractivity contribution in [2.75, 3.05) is 23.0 Å². The molecule has 0 N–H and O–H groups in total. The second-order valence-corrected chi connectivity index (χ2v) is 6.60. The molecule has 110 valence electrons. The minimum absolute atomic E-state index is 0.524. The molecule has 2 aromatic heterocycles. The number of nitrogens with zero attached hydrogens (tertiary/aromatic N) is 4. The summed E-state index contributed by atoms with van der Waals surface area (Å²) in [5, 5.41) is 0. The molecular formula is C16H20N4S. The Bertz CT molecular complexity index is 602. The van der Waals surface area contributed by atoms with Gasteiger partial charge in [0, 0.05) is 48.1 Å². The number of rotatable bonds is 2. The molecule has 1 saturated heterocycles. The summed E-state index contributed by atoms with van der Waals surface area (Å²) >= 11 is 2.03. The number of anilines is 1. The first kappa shape index (κ1) is 14.3. The fraction of sp³-hybridized carbons (Fsp3) is 0.438. The molecule has 1 aliphatic rings. The highest BCUT2D eigenvalue weighted by Crippen LogP contribution is 2.24. The topological polar surface area (TPSA) is 41.9 Å². The molecule has 5 heteroatoms. The van der Waals surface area contributed by atoms with E-state index < -0.39 is 0 Å². The number of pyridine rings is 1. The Labute approximate surface area is 130 Å². The zero-order chi connectivity index (χ0) is 14.7. The highest BCUT2D eigenvalue weighted by atomic mass is 32.2. The largest absolute Gasteiger partial charge is 0.353 e. The average molecular weight is 300 g/mol. The van der Waals surface area contributed by atoms with E-state index >= 15 is 0 Å². The van der Waals surface area contributed by atoms with Crippen LogP contribution >= 0.6 is 11.8 Å². The van der Waals surface area contributed by atoms with Gasteiger partial charge < -0.3 is 4.90 Å². The number of thioether (sulfide) groups is 1. The molecule has 1 atom stereocenters. The van der Waals surface area contributed by atoms with Crippen molar-refractivity contribution < 1.29 is 0 Å². The maximum Gasteiger partial charge on any atom is 0.163 e. The third-order valence-electron chi connectivity index (χ3n) is 3.74. The number of aryl methyl sites for hydroxylation is 1. The SMILES string of the molecule is Cc1cc(N2CCSCCC2C)nc(-c2cccnc2)n1. The van der Waals surface area contributed by atoms with Crippen molar-refractivity contribution in [1.82, 2.24) is 15.0 Å². The first-order chi connectivity index (χ1) is 10.2. The van der Waals surface area contributed by atoms with Crippen molar-refractivity contribution in [1.29, 1.82) is 0 Å². The molecule has 21 heavy (non-hydrogen) atoms. The lowest BCUT2D eigenvalue weighted by Gasteiger charge is -2.28. The van der Waals surface area contributed by atoms with Gasteiger partial charge >= 0.3 is 0 Å². The van der Waals surface area contributed by atoms with Crippen molar-refractivity contribution in [3.8, 4) is 11.4 Å². The molecule has 0 radical (unpaired) electrons. The van der Waals surface area contributed by atoms with Crippen LogP contribution in [-0.4, -0.2) is 39.0 Å². The van der Waals surface area contributed by atoms with Crippen molar-refractivity contribution in [2.45, 2.75) is 26.3 Å². The summed E-state index contributed by atoms with van der Waals surface area (Å²) in [5.74, 6) is 4.20. The van der Waals surface area contributed by atoms with Gasteiger partial charge in [-0.1, -0.05) is 0 Å². The van der Waals surface area contributed by atoms with Gasteiger partial charge in [-0.25, -0.2) is 9.97 Å². The van der Waals surface area contributed by atoms with Crippen LogP contribution in [0.4, 0.5) is 5.82 Å². The van der Waals surface area contributed by atoms with Crippen LogP contribution in [0.15, 0.2) is 30.6 Å². The summed E-state index contributed by atoms with van der Waals surface area (Å²) in [4.78, 5) is 15.9. The van der Waals surface area contributed by atoms with Gasteiger partial charge in [0.25, 0.3) is 0 Å².